The van der Waals surface area contributed by atoms with Gasteiger partial charge in [0.25, 0.3) is 5.91 Å². The summed E-state index contributed by atoms with van der Waals surface area (Å²) in [5, 5.41) is 5.24. The van der Waals surface area contributed by atoms with Crippen LogP contribution in [0.5, 0.6) is 0 Å². The van der Waals surface area contributed by atoms with E-state index in [1.165, 1.54) is 7.11 Å². The molecule has 13 heteroatoms. The third-order valence-electron chi connectivity index (χ3n) is 4.17. The van der Waals surface area contributed by atoms with E-state index in [4.69, 9.17) is 27.7 Å². The van der Waals surface area contributed by atoms with E-state index < -0.39 is 18.3 Å². The fraction of sp³-hybridized carbons (Fsp3) is 0.833. The number of amides is 2. The summed E-state index contributed by atoms with van der Waals surface area (Å²) in [5.41, 5.74) is 21.9. The Balaban J connectivity index is -0.00000121. The van der Waals surface area contributed by atoms with E-state index in [0.717, 1.165) is 44.9 Å². The number of hydrogen-bond acceptors (Lipinski definition) is 6. The molecule has 0 radical (unpaired) electrons. The summed E-state index contributed by atoms with van der Waals surface area (Å²) in [7, 11) is 1.37. The standard InChI is InChI=1S/C18H39N7O3.3ClH/c1-28-17(16(27)24-14(20)10-6-2-4-8-12-19)25-15(26)11-7-3-5-9-13-23-18(21)22;;;/h14,17H,2-13,19-20H2,1H3,(H,24,27)(H,25,26)(H4,21,22,23);3*1H. The van der Waals surface area contributed by atoms with Gasteiger partial charge in [0.15, 0.2) is 5.96 Å². The number of nitrogens with one attached hydrogen (secondary N) is 2. The number of rotatable bonds is 17. The molecule has 0 aromatic heterocycles. The van der Waals surface area contributed by atoms with Gasteiger partial charge in [-0.15, -0.1) is 37.2 Å². The minimum Gasteiger partial charge on any atom is -0.370 e. The third kappa shape index (κ3) is 23.5. The molecule has 0 aliphatic rings. The number of unbranched alkanes of at least 4 members (excludes halogenated alkanes) is 6. The fourth-order valence-corrected chi connectivity index (χ4v) is 2.60. The van der Waals surface area contributed by atoms with Gasteiger partial charge in [-0.3, -0.25) is 14.6 Å². The zero-order valence-corrected chi connectivity index (χ0v) is 20.8. The van der Waals surface area contributed by atoms with Crippen molar-refractivity contribution in [2.75, 3.05) is 20.2 Å². The number of methoxy groups -OCH3 is 1. The van der Waals surface area contributed by atoms with Crippen LogP contribution in [0.1, 0.15) is 64.2 Å². The fourth-order valence-electron chi connectivity index (χ4n) is 2.60. The molecular weight excluding hydrogens is 469 g/mol. The van der Waals surface area contributed by atoms with Gasteiger partial charge in [0, 0.05) is 20.1 Å². The van der Waals surface area contributed by atoms with Gasteiger partial charge in [-0.05, 0) is 32.2 Å². The quantitative estimate of drug-likeness (QED) is 0.0725. The molecule has 0 aromatic rings. The molecule has 0 saturated carbocycles. The monoisotopic (exact) mass is 509 g/mol. The van der Waals surface area contributed by atoms with Crippen LogP contribution >= 0.6 is 37.2 Å². The van der Waals surface area contributed by atoms with Crippen molar-refractivity contribution in [1.29, 1.82) is 0 Å². The zero-order valence-electron chi connectivity index (χ0n) is 18.3. The molecule has 2 unspecified atom stereocenters. The Morgan fingerprint density at radius 2 is 1.48 bits per heavy atom. The van der Waals surface area contributed by atoms with Gasteiger partial charge in [0.2, 0.25) is 12.1 Å². The van der Waals surface area contributed by atoms with Crippen LogP contribution in [0.15, 0.2) is 4.99 Å². The number of carbonyl (C=O) groups excluding carboxylic acids is 2. The van der Waals surface area contributed by atoms with E-state index >= 15 is 0 Å². The second kappa shape index (κ2) is 25.2. The number of nitrogens with two attached hydrogens (primary N) is 4. The van der Waals surface area contributed by atoms with Crippen molar-refractivity contribution in [3.63, 3.8) is 0 Å². The molecule has 2 amide bonds. The second-order valence-electron chi connectivity index (χ2n) is 6.76. The predicted octanol–water partition coefficient (Wildman–Crippen LogP) is 0.875. The Kier molecular flexibility index (Phi) is 30.3. The summed E-state index contributed by atoms with van der Waals surface area (Å²) in [4.78, 5) is 28.1. The highest BCUT2D eigenvalue weighted by molar-refractivity contribution is 5.86. The molecule has 0 bridgehead atoms. The van der Waals surface area contributed by atoms with Gasteiger partial charge in [-0.2, -0.15) is 0 Å². The van der Waals surface area contributed by atoms with Crippen LogP contribution in [0, 0.1) is 0 Å². The summed E-state index contributed by atoms with van der Waals surface area (Å²) in [6.07, 6.45) is 6.86. The molecule has 31 heavy (non-hydrogen) atoms. The Morgan fingerprint density at radius 3 is 2.06 bits per heavy atom. The number of halogens is 3. The van der Waals surface area contributed by atoms with Crippen LogP contribution < -0.4 is 33.6 Å². The van der Waals surface area contributed by atoms with Gasteiger partial charge in [0.05, 0.1) is 6.17 Å². The minimum absolute atomic E-state index is 0. The van der Waals surface area contributed by atoms with Gasteiger partial charge in [-0.1, -0.05) is 32.1 Å². The Labute approximate surface area is 204 Å². The Morgan fingerprint density at radius 1 is 0.903 bits per heavy atom. The molecule has 0 aliphatic heterocycles. The van der Waals surface area contributed by atoms with Crippen molar-refractivity contribution in [3.05, 3.63) is 0 Å². The summed E-state index contributed by atoms with van der Waals surface area (Å²) in [6, 6.07) is 0. The second-order valence-corrected chi connectivity index (χ2v) is 6.76. The maximum atomic E-state index is 12.2. The van der Waals surface area contributed by atoms with Crippen molar-refractivity contribution < 1.29 is 14.3 Å². The third-order valence-corrected chi connectivity index (χ3v) is 4.17. The molecule has 10 N–H and O–H groups in total. The molecule has 0 aliphatic carbocycles. The molecule has 0 saturated heterocycles. The number of aliphatic imine (C=N–C) groups is 1. The highest BCUT2D eigenvalue weighted by Gasteiger charge is 2.21. The first-order valence-corrected chi connectivity index (χ1v) is 10.0. The van der Waals surface area contributed by atoms with Gasteiger partial charge >= 0.3 is 0 Å². The average Bonchev–Trinajstić information content (AvgIpc) is 2.64. The zero-order chi connectivity index (χ0) is 21.2. The van der Waals surface area contributed by atoms with Crippen molar-refractivity contribution in [2.45, 2.75) is 76.6 Å². The normalized spacial score (nSPS) is 11.6. The maximum absolute atomic E-state index is 12.2. The van der Waals surface area contributed by atoms with Crippen molar-refractivity contribution in [3.8, 4) is 0 Å². The minimum atomic E-state index is -1.04. The molecule has 2 atom stereocenters. The van der Waals surface area contributed by atoms with E-state index in [9.17, 15) is 9.59 Å². The summed E-state index contributed by atoms with van der Waals surface area (Å²) in [6.45, 7) is 1.28. The summed E-state index contributed by atoms with van der Waals surface area (Å²) in [5.74, 6) is -0.585. The lowest BCUT2D eigenvalue weighted by atomic mass is 10.1. The van der Waals surface area contributed by atoms with Crippen LogP contribution in [-0.2, 0) is 14.3 Å². The molecule has 0 heterocycles. The molecule has 188 valence electrons. The first-order chi connectivity index (χ1) is 13.4. The molecule has 0 rings (SSSR count). The first kappa shape index (κ1) is 37.3. The smallest absolute Gasteiger partial charge is 0.271 e. The van der Waals surface area contributed by atoms with Gasteiger partial charge in [-0.25, -0.2) is 0 Å². The van der Waals surface area contributed by atoms with E-state index in [-0.39, 0.29) is 49.1 Å². The number of nitrogens with zero attached hydrogens (tertiary/aromatic N) is 1. The number of hydrogen-bond donors (Lipinski definition) is 6. The highest BCUT2D eigenvalue weighted by Crippen LogP contribution is 2.05. The molecule has 0 fully saturated rings. The lowest BCUT2D eigenvalue weighted by Crippen LogP contribution is -2.52. The van der Waals surface area contributed by atoms with E-state index in [0.29, 0.717) is 32.4 Å². The summed E-state index contributed by atoms with van der Waals surface area (Å²) >= 11 is 0. The lowest BCUT2D eigenvalue weighted by molar-refractivity contribution is -0.139. The predicted molar refractivity (Wildman–Crippen MR) is 133 cm³/mol. The Bertz CT molecular complexity index is 471. The van der Waals surface area contributed by atoms with Crippen LogP contribution in [0.4, 0.5) is 0 Å². The molecule has 10 nitrogen and oxygen atoms in total. The maximum Gasteiger partial charge on any atom is 0.271 e. The molecule has 0 aromatic carbocycles. The SMILES string of the molecule is COC(NC(=O)CCCCCCN=C(N)N)C(=O)NC(N)CCCCCCN.Cl.Cl.Cl. The molecule has 0 spiro atoms. The van der Waals surface area contributed by atoms with Gasteiger partial charge < -0.3 is 38.3 Å². The van der Waals surface area contributed by atoms with Crippen molar-refractivity contribution >= 4 is 55.0 Å². The van der Waals surface area contributed by atoms with Gasteiger partial charge in [0.1, 0.15) is 0 Å². The number of ether oxygens (including phenoxy) is 1. The highest BCUT2D eigenvalue weighted by atomic mass is 35.5. The first-order valence-electron chi connectivity index (χ1n) is 10.0. The number of carbonyl (C=O) groups is 2. The summed E-state index contributed by atoms with van der Waals surface area (Å²) < 4.78 is 5.07. The topological polar surface area (TPSA) is 184 Å². The van der Waals surface area contributed by atoms with Crippen LogP contribution in [0.3, 0.4) is 0 Å². The van der Waals surface area contributed by atoms with Crippen molar-refractivity contribution in [2.24, 2.45) is 27.9 Å². The van der Waals surface area contributed by atoms with Crippen LogP contribution in [0.25, 0.3) is 0 Å². The number of guanidine groups is 1. The lowest BCUT2D eigenvalue weighted by Gasteiger charge is -2.20. The van der Waals surface area contributed by atoms with Crippen molar-refractivity contribution in [1.82, 2.24) is 10.6 Å². The Hall–Kier alpha value is -1.04. The van der Waals surface area contributed by atoms with E-state index in [1.807, 2.05) is 0 Å². The largest absolute Gasteiger partial charge is 0.370 e. The van der Waals surface area contributed by atoms with Crippen LogP contribution in [0.2, 0.25) is 0 Å². The van der Waals surface area contributed by atoms with Crippen LogP contribution in [-0.4, -0.2) is 50.4 Å². The average molecular weight is 511 g/mol. The van der Waals surface area contributed by atoms with E-state index in [1.54, 1.807) is 0 Å². The molecular formula is C18H42Cl3N7O3. The van der Waals surface area contributed by atoms with E-state index in [2.05, 4.69) is 15.6 Å².